The number of carbonyl (C=O) groups is 2. The zero-order valence-electron chi connectivity index (χ0n) is 19.4. The molecule has 0 bridgehead atoms. The SMILES string of the molecule is C=CCn1c(SCC(=O)Nc2sc3c(c2C(=O)OC)CCC3)nnc1C(C)Oc1ccc(F)cc1. The molecule has 35 heavy (non-hydrogen) atoms. The lowest BCUT2D eigenvalue weighted by molar-refractivity contribution is -0.113. The lowest BCUT2D eigenvalue weighted by atomic mass is 10.1. The van der Waals surface area contributed by atoms with E-state index >= 15 is 0 Å². The maximum atomic E-state index is 13.2. The lowest BCUT2D eigenvalue weighted by Crippen LogP contribution is -2.17. The molecule has 0 radical (unpaired) electrons. The van der Waals surface area contributed by atoms with Crippen LogP contribution in [0.3, 0.4) is 0 Å². The molecule has 4 rings (SSSR count). The van der Waals surface area contributed by atoms with Crippen molar-refractivity contribution in [1.82, 2.24) is 14.8 Å². The fourth-order valence-electron chi connectivity index (χ4n) is 3.88. The molecule has 0 saturated heterocycles. The van der Waals surface area contributed by atoms with Gasteiger partial charge in [0.25, 0.3) is 0 Å². The first-order valence-corrected chi connectivity index (χ1v) is 12.8. The van der Waals surface area contributed by atoms with Gasteiger partial charge < -0.3 is 14.8 Å². The zero-order chi connectivity index (χ0) is 24.9. The maximum Gasteiger partial charge on any atom is 0.341 e. The third kappa shape index (κ3) is 5.57. The number of benzene rings is 1. The molecule has 11 heteroatoms. The van der Waals surface area contributed by atoms with Crippen molar-refractivity contribution >= 4 is 40.0 Å². The van der Waals surface area contributed by atoms with E-state index in [1.165, 1.54) is 42.3 Å². The summed E-state index contributed by atoms with van der Waals surface area (Å²) in [5.41, 5.74) is 1.45. The average Bonchev–Trinajstić information content (AvgIpc) is 3.54. The number of allylic oxidation sites excluding steroid dienone is 1. The average molecular weight is 517 g/mol. The summed E-state index contributed by atoms with van der Waals surface area (Å²) in [4.78, 5) is 26.2. The summed E-state index contributed by atoms with van der Waals surface area (Å²) >= 11 is 2.66. The number of hydrogen-bond acceptors (Lipinski definition) is 8. The van der Waals surface area contributed by atoms with E-state index < -0.39 is 12.1 Å². The van der Waals surface area contributed by atoms with Crippen molar-refractivity contribution in [2.75, 3.05) is 18.2 Å². The van der Waals surface area contributed by atoms with E-state index in [1.807, 2.05) is 11.5 Å². The van der Waals surface area contributed by atoms with Crippen LogP contribution in [0.15, 0.2) is 42.1 Å². The van der Waals surface area contributed by atoms with Gasteiger partial charge in [-0.25, -0.2) is 9.18 Å². The van der Waals surface area contributed by atoms with E-state index in [2.05, 4.69) is 22.1 Å². The Hall–Kier alpha value is -3.18. The van der Waals surface area contributed by atoms with Gasteiger partial charge in [0, 0.05) is 11.4 Å². The number of aromatic nitrogens is 3. The number of fused-ring (bicyclic) bond motifs is 1. The maximum absolute atomic E-state index is 13.2. The number of thiophene rings is 1. The highest BCUT2D eigenvalue weighted by molar-refractivity contribution is 7.99. The van der Waals surface area contributed by atoms with Gasteiger partial charge in [0.15, 0.2) is 17.1 Å². The quantitative estimate of drug-likeness (QED) is 0.235. The Balaban J connectivity index is 1.44. The Morgan fingerprint density at radius 1 is 1.31 bits per heavy atom. The molecule has 1 aliphatic rings. The van der Waals surface area contributed by atoms with Crippen LogP contribution in [0.25, 0.3) is 0 Å². The van der Waals surface area contributed by atoms with Crippen molar-refractivity contribution in [3.8, 4) is 5.75 Å². The third-order valence-corrected chi connectivity index (χ3v) is 7.62. The summed E-state index contributed by atoms with van der Waals surface area (Å²) in [6, 6.07) is 5.74. The van der Waals surface area contributed by atoms with Gasteiger partial charge in [0.2, 0.25) is 5.91 Å². The van der Waals surface area contributed by atoms with E-state index in [0.29, 0.717) is 33.8 Å². The molecular formula is C24H25FN4O4S2. The standard InChI is InChI=1S/C24H25FN4O4S2/c1-4-12-29-21(14(2)33-16-10-8-15(25)9-11-16)27-28-24(29)34-13-19(30)26-22-20(23(31)32-3)17-6-5-7-18(17)35-22/h4,8-11,14H,1,5-7,12-13H2,2-3H3,(H,26,30). The van der Waals surface area contributed by atoms with E-state index in [9.17, 15) is 14.0 Å². The molecule has 1 aromatic carbocycles. The van der Waals surface area contributed by atoms with Crippen LogP contribution in [0.5, 0.6) is 5.75 Å². The second kappa shape index (κ2) is 11.0. The van der Waals surface area contributed by atoms with Gasteiger partial charge in [-0.05, 0) is 56.0 Å². The Bertz CT molecular complexity index is 1240. The molecule has 3 aromatic rings. The molecule has 0 spiro atoms. The summed E-state index contributed by atoms with van der Waals surface area (Å²) in [5, 5.41) is 12.4. The van der Waals surface area contributed by atoms with Crippen molar-refractivity contribution in [3.63, 3.8) is 0 Å². The second-order valence-electron chi connectivity index (χ2n) is 7.84. The summed E-state index contributed by atoms with van der Waals surface area (Å²) < 4.78 is 25.8. The second-order valence-corrected chi connectivity index (χ2v) is 9.89. The van der Waals surface area contributed by atoms with Crippen LogP contribution in [0.1, 0.15) is 46.1 Å². The van der Waals surface area contributed by atoms with E-state index in [4.69, 9.17) is 9.47 Å². The minimum absolute atomic E-state index is 0.0751. The number of esters is 1. The number of thioether (sulfide) groups is 1. The van der Waals surface area contributed by atoms with Crippen molar-refractivity contribution in [1.29, 1.82) is 0 Å². The molecule has 2 aromatic heterocycles. The third-order valence-electron chi connectivity index (χ3n) is 5.44. The van der Waals surface area contributed by atoms with Gasteiger partial charge in [-0.3, -0.25) is 9.36 Å². The van der Waals surface area contributed by atoms with Crippen molar-refractivity contribution in [2.45, 2.75) is 44.0 Å². The molecule has 1 aliphatic carbocycles. The number of carbonyl (C=O) groups excluding carboxylic acids is 2. The van der Waals surface area contributed by atoms with Crippen LogP contribution in [0.4, 0.5) is 9.39 Å². The number of nitrogens with zero attached hydrogens (tertiary/aromatic N) is 3. The van der Waals surface area contributed by atoms with Crippen molar-refractivity contribution < 1.29 is 23.5 Å². The van der Waals surface area contributed by atoms with Crippen LogP contribution >= 0.6 is 23.1 Å². The number of anilines is 1. The van der Waals surface area contributed by atoms with E-state index in [1.54, 1.807) is 18.2 Å². The number of aryl methyl sites for hydroxylation is 1. The van der Waals surface area contributed by atoms with Gasteiger partial charge in [-0.2, -0.15) is 0 Å². The smallest absolute Gasteiger partial charge is 0.341 e. The number of rotatable bonds is 10. The van der Waals surface area contributed by atoms with Gasteiger partial charge in [0.05, 0.1) is 18.4 Å². The lowest BCUT2D eigenvalue weighted by Gasteiger charge is -2.15. The Labute approximate surface area is 210 Å². The number of halogens is 1. The fourth-order valence-corrected chi connectivity index (χ4v) is 5.93. The number of nitrogens with one attached hydrogen (secondary N) is 1. The minimum atomic E-state index is -0.466. The van der Waals surface area contributed by atoms with Gasteiger partial charge in [0.1, 0.15) is 16.6 Å². The summed E-state index contributed by atoms with van der Waals surface area (Å²) in [6.07, 6.45) is 3.96. The van der Waals surface area contributed by atoms with Crippen molar-refractivity contribution in [2.24, 2.45) is 0 Å². The molecule has 8 nitrogen and oxygen atoms in total. The molecule has 1 amide bonds. The monoisotopic (exact) mass is 516 g/mol. The molecule has 0 saturated carbocycles. The highest BCUT2D eigenvalue weighted by Crippen LogP contribution is 2.39. The van der Waals surface area contributed by atoms with E-state index in [0.717, 1.165) is 29.7 Å². The fraction of sp³-hybridized carbons (Fsp3) is 0.333. The van der Waals surface area contributed by atoms with Gasteiger partial charge in [-0.1, -0.05) is 17.8 Å². The largest absolute Gasteiger partial charge is 0.483 e. The Morgan fingerprint density at radius 3 is 2.80 bits per heavy atom. The normalized spacial score (nSPS) is 13.2. The molecule has 2 heterocycles. The van der Waals surface area contributed by atoms with Gasteiger partial charge in [-0.15, -0.1) is 28.1 Å². The molecular weight excluding hydrogens is 491 g/mol. The predicted molar refractivity (Wildman–Crippen MR) is 133 cm³/mol. The first-order valence-electron chi connectivity index (χ1n) is 11.0. The molecule has 0 aliphatic heterocycles. The van der Waals surface area contributed by atoms with Crippen LogP contribution in [0, 0.1) is 5.82 Å². The summed E-state index contributed by atoms with van der Waals surface area (Å²) in [7, 11) is 1.34. The van der Waals surface area contributed by atoms with Gasteiger partial charge >= 0.3 is 5.97 Å². The first-order chi connectivity index (χ1) is 16.9. The zero-order valence-corrected chi connectivity index (χ0v) is 21.0. The van der Waals surface area contributed by atoms with E-state index in [-0.39, 0.29) is 17.5 Å². The number of amides is 1. The number of ether oxygens (including phenoxy) is 2. The Morgan fingerprint density at radius 2 is 2.09 bits per heavy atom. The highest BCUT2D eigenvalue weighted by atomic mass is 32.2. The summed E-state index contributed by atoms with van der Waals surface area (Å²) in [5.74, 6) is 0.0988. The molecule has 0 fully saturated rings. The summed E-state index contributed by atoms with van der Waals surface area (Å²) in [6.45, 7) is 6.03. The molecule has 1 atom stereocenters. The highest BCUT2D eigenvalue weighted by Gasteiger charge is 2.28. The predicted octanol–water partition coefficient (Wildman–Crippen LogP) is 4.81. The number of hydrogen-bond donors (Lipinski definition) is 1. The van der Waals surface area contributed by atoms with Crippen LogP contribution in [-0.2, 0) is 28.9 Å². The minimum Gasteiger partial charge on any atom is -0.483 e. The van der Waals surface area contributed by atoms with Crippen molar-refractivity contribution in [3.05, 3.63) is 64.6 Å². The molecule has 184 valence electrons. The van der Waals surface area contributed by atoms with Crippen LogP contribution in [0.2, 0.25) is 0 Å². The van der Waals surface area contributed by atoms with Crippen LogP contribution < -0.4 is 10.1 Å². The number of methoxy groups -OCH3 is 1. The Kier molecular flexibility index (Phi) is 7.86. The molecule has 1 unspecified atom stereocenters. The molecule has 1 N–H and O–H groups in total. The topological polar surface area (TPSA) is 95.3 Å². The first kappa shape index (κ1) is 24.9. The van der Waals surface area contributed by atoms with Crippen LogP contribution in [-0.4, -0.2) is 39.5 Å².